The Kier molecular flexibility index (Phi) is 6.70. The van der Waals surface area contributed by atoms with E-state index in [1.165, 1.54) is 28.9 Å². The van der Waals surface area contributed by atoms with Crippen LogP contribution in [-0.4, -0.2) is 12.3 Å². The average molecular weight is 122 g/mol. The molecule has 2 unspecified atom stereocenters. The van der Waals surface area contributed by atoms with E-state index in [0.29, 0.717) is 0 Å². The highest BCUT2D eigenvalue weighted by atomic mass is 32.0. The van der Waals surface area contributed by atoms with E-state index < -0.39 is 0 Å². The summed E-state index contributed by atoms with van der Waals surface area (Å²) in [4.78, 5) is 0. The second kappa shape index (κ2) is 5.86. The third-order valence-electron chi connectivity index (χ3n) is 0.479. The summed E-state index contributed by atoms with van der Waals surface area (Å²) in [5.41, 5.74) is 0. The molecule has 0 aliphatic rings. The van der Waals surface area contributed by atoms with E-state index in [2.05, 4.69) is 13.8 Å². The van der Waals surface area contributed by atoms with Crippen LogP contribution in [0.5, 0.6) is 0 Å². The normalized spacial score (nSPS) is 13.0. The van der Waals surface area contributed by atoms with Crippen LogP contribution < -0.4 is 0 Å². The third-order valence-corrected chi connectivity index (χ3v) is 4.31. The summed E-state index contributed by atoms with van der Waals surface area (Å²) < 4.78 is 0. The predicted molar refractivity (Wildman–Crippen MR) is 37.7 cm³/mol. The van der Waals surface area contributed by atoms with Gasteiger partial charge in [0.15, 0.2) is 0 Å². The van der Waals surface area contributed by atoms with Crippen molar-refractivity contribution in [1.82, 2.24) is 0 Å². The number of hydrogen-bond donors (Lipinski definition) is 0. The van der Waals surface area contributed by atoms with Gasteiger partial charge in [0.25, 0.3) is 0 Å². The Morgan fingerprint density at radius 2 is 1.33 bits per heavy atom. The van der Waals surface area contributed by atoms with E-state index in [-0.39, 0.29) is 0 Å². The second-order valence-corrected chi connectivity index (χ2v) is 5.30. The molecule has 0 amide bonds. The zero-order valence-corrected chi connectivity index (χ0v) is 6.41. The lowest BCUT2D eigenvalue weighted by atomic mass is 11.0. The Morgan fingerprint density at radius 3 is 1.50 bits per heavy atom. The molecule has 0 nitrogen and oxygen atoms in total. The summed E-state index contributed by atoms with van der Waals surface area (Å²) in [7, 11) is 2.49. The third kappa shape index (κ3) is 4.86. The van der Waals surface area contributed by atoms with Gasteiger partial charge in [-0.3, -0.25) is 0 Å². The van der Waals surface area contributed by atoms with Crippen LogP contribution in [-0.2, 0) is 0 Å². The summed E-state index contributed by atoms with van der Waals surface area (Å²) in [5.74, 6) is 0. The highest BCUT2D eigenvalue weighted by Gasteiger charge is 1.73. The standard InChI is InChI=1S/C4H12P2/c1-3-5-6-4-2/h5-6H,3-4H2,1-2H3. The molecule has 0 bridgehead atoms. The van der Waals surface area contributed by atoms with Crippen molar-refractivity contribution < 1.29 is 0 Å². The molecule has 0 fully saturated rings. The minimum Gasteiger partial charge on any atom is -0.0995 e. The smallest absolute Gasteiger partial charge is 0.0345 e. The Hall–Kier alpha value is 0.860. The van der Waals surface area contributed by atoms with Gasteiger partial charge in [-0.15, -0.1) is 0 Å². The van der Waals surface area contributed by atoms with Gasteiger partial charge in [-0.1, -0.05) is 30.4 Å². The molecule has 0 spiro atoms. The van der Waals surface area contributed by atoms with Crippen molar-refractivity contribution in [2.75, 3.05) is 12.3 Å². The van der Waals surface area contributed by atoms with Gasteiger partial charge in [-0.2, -0.15) is 0 Å². The monoisotopic (exact) mass is 122 g/mol. The second-order valence-electron chi connectivity index (χ2n) is 1.06. The lowest BCUT2D eigenvalue weighted by molar-refractivity contribution is 1.51. The quantitative estimate of drug-likeness (QED) is 0.398. The number of hydrogen-bond acceptors (Lipinski definition) is 0. The number of rotatable bonds is 3. The molecular weight excluding hydrogens is 110 g/mol. The fraction of sp³-hybridized carbons (Fsp3) is 1.00. The van der Waals surface area contributed by atoms with Crippen molar-refractivity contribution in [2.45, 2.75) is 13.8 Å². The van der Waals surface area contributed by atoms with Gasteiger partial charge in [-0.25, -0.2) is 0 Å². The molecule has 38 valence electrons. The van der Waals surface area contributed by atoms with Gasteiger partial charge < -0.3 is 0 Å². The fourth-order valence-electron chi connectivity index (χ4n) is 0.250. The minimum atomic E-state index is 1.24. The Bertz CT molecular complexity index is 17.5. The van der Waals surface area contributed by atoms with E-state index in [1.807, 2.05) is 0 Å². The molecule has 2 heteroatoms. The molecule has 0 heterocycles. The molecule has 6 heavy (non-hydrogen) atoms. The van der Waals surface area contributed by atoms with Crippen LogP contribution in [0.4, 0.5) is 0 Å². The maximum absolute atomic E-state index is 2.25. The van der Waals surface area contributed by atoms with Crippen molar-refractivity contribution in [2.24, 2.45) is 0 Å². The lowest BCUT2D eigenvalue weighted by Gasteiger charge is -1.87. The Morgan fingerprint density at radius 1 is 1.00 bits per heavy atom. The maximum atomic E-state index is 2.25. The first-order valence-electron chi connectivity index (χ1n) is 2.37. The van der Waals surface area contributed by atoms with Crippen LogP contribution in [0.3, 0.4) is 0 Å². The van der Waals surface area contributed by atoms with Crippen molar-refractivity contribution >= 4 is 16.5 Å². The van der Waals surface area contributed by atoms with E-state index in [4.69, 9.17) is 0 Å². The van der Waals surface area contributed by atoms with Gasteiger partial charge in [0, 0.05) is 0 Å². The molecule has 0 rings (SSSR count). The van der Waals surface area contributed by atoms with Crippen LogP contribution >= 0.6 is 16.5 Å². The summed E-state index contributed by atoms with van der Waals surface area (Å²) in [5, 5.41) is 0. The molecular formula is C4H12P2. The molecule has 0 aromatic rings. The molecule has 0 N–H and O–H groups in total. The van der Waals surface area contributed by atoms with Crippen LogP contribution in [0.15, 0.2) is 0 Å². The van der Waals surface area contributed by atoms with E-state index in [9.17, 15) is 0 Å². The van der Waals surface area contributed by atoms with Crippen molar-refractivity contribution in [3.63, 3.8) is 0 Å². The first kappa shape index (κ1) is 6.86. The Balaban J connectivity index is 2.34. The SMILES string of the molecule is CCPPCC. The average Bonchev–Trinajstić information content (AvgIpc) is 1.61. The summed E-state index contributed by atoms with van der Waals surface area (Å²) in [6, 6.07) is 0. The van der Waals surface area contributed by atoms with E-state index in [1.54, 1.807) is 0 Å². The zero-order chi connectivity index (χ0) is 4.83. The van der Waals surface area contributed by atoms with Gasteiger partial charge in [-0.05, 0) is 12.3 Å². The largest absolute Gasteiger partial charge is 0.0995 e. The summed E-state index contributed by atoms with van der Waals surface area (Å²) in [6.45, 7) is 4.50. The van der Waals surface area contributed by atoms with Crippen LogP contribution in [0.2, 0.25) is 0 Å². The predicted octanol–water partition coefficient (Wildman–Crippen LogP) is 2.30. The van der Waals surface area contributed by atoms with Crippen molar-refractivity contribution in [3.8, 4) is 0 Å². The zero-order valence-electron chi connectivity index (χ0n) is 4.41. The highest BCUT2D eigenvalue weighted by molar-refractivity contribution is 8.11. The summed E-state index contributed by atoms with van der Waals surface area (Å²) in [6.07, 6.45) is 2.79. The first-order chi connectivity index (χ1) is 2.91. The molecule has 0 aliphatic carbocycles. The lowest BCUT2D eigenvalue weighted by Crippen LogP contribution is -1.52. The fourth-order valence-corrected chi connectivity index (χ4v) is 2.25. The van der Waals surface area contributed by atoms with Crippen LogP contribution in [0, 0.1) is 0 Å². The summed E-state index contributed by atoms with van der Waals surface area (Å²) >= 11 is 0. The topological polar surface area (TPSA) is 0 Å². The van der Waals surface area contributed by atoms with E-state index in [0.717, 1.165) is 0 Å². The molecule has 0 radical (unpaired) electrons. The van der Waals surface area contributed by atoms with Gasteiger partial charge in [0.2, 0.25) is 0 Å². The van der Waals surface area contributed by atoms with Gasteiger partial charge in [0.1, 0.15) is 0 Å². The highest BCUT2D eigenvalue weighted by Crippen LogP contribution is 2.34. The first-order valence-corrected chi connectivity index (χ1v) is 5.79. The molecule has 0 saturated carbocycles. The molecule has 0 aliphatic heterocycles. The molecule has 2 atom stereocenters. The van der Waals surface area contributed by atoms with Crippen molar-refractivity contribution in [3.05, 3.63) is 0 Å². The molecule has 0 aromatic heterocycles. The van der Waals surface area contributed by atoms with Gasteiger partial charge >= 0.3 is 0 Å². The van der Waals surface area contributed by atoms with Gasteiger partial charge in [0.05, 0.1) is 0 Å². The minimum absolute atomic E-state index is 1.24. The van der Waals surface area contributed by atoms with Crippen LogP contribution in [0.25, 0.3) is 0 Å². The van der Waals surface area contributed by atoms with Crippen molar-refractivity contribution in [1.29, 1.82) is 0 Å². The molecule has 0 saturated heterocycles. The van der Waals surface area contributed by atoms with Crippen LogP contribution in [0.1, 0.15) is 13.8 Å². The Labute approximate surface area is 43.6 Å². The van der Waals surface area contributed by atoms with E-state index >= 15 is 0 Å². The maximum Gasteiger partial charge on any atom is -0.0345 e. The molecule has 0 aromatic carbocycles.